The first-order valence-electron chi connectivity index (χ1n) is 6.50. The van der Waals surface area contributed by atoms with Gasteiger partial charge in [-0.05, 0) is 32.1 Å². The summed E-state index contributed by atoms with van der Waals surface area (Å²) < 4.78 is 5.74. The van der Waals surface area contributed by atoms with E-state index in [1.54, 1.807) is 0 Å². The Labute approximate surface area is 103 Å². The van der Waals surface area contributed by atoms with Crippen LogP contribution >= 0.6 is 0 Å². The van der Waals surface area contributed by atoms with Crippen molar-refractivity contribution >= 4 is 5.88 Å². The van der Waals surface area contributed by atoms with Crippen molar-refractivity contribution in [1.29, 1.82) is 0 Å². The molecule has 0 aliphatic carbocycles. The highest BCUT2D eigenvalue weighted by Gasteiger charge is 2.23. The quantitative estimate of drug-likeness (QED) is 0.879. The molecule has 1 fully saturated rings. The van der Waals surface area contributed by atoms with E-state index in [2.05, 4.69) is 9.88 Å². The average Bonchev–Trinajstić information content (AvgIpc) is 2.71. The lowest BCUT2D eigenvalue weighted by Gasteiger charge is -2.26. The highest BCUT2D eigenvalue weighted by atomic mass is 16.4. The Bertz CT molecular complexity index is 367. The van der Waals surface area contributed by atoms with Gasteiger partial charge in [-0.3, -0.25) is 0 Å². The summed E-state index contributed by atoms with van der Waals surface area (Å²) in [6.45, 7) is 7.94. The third-order valence-corrected chi connectivity index (χ3v) is 3.32. The fraction of sp³-hybridized carbons (Fsp3) is 0.769. The molecule has 0 spiro atoms. The van der Waals surface area contributed by atoms with Crippen molar-refractivity contribution in [2.45, 2.75) is 46.1 Å². The smallest absolute Gasteiger partial charge is 0.226 e. The first-order chi connectivity index (χ1) is 8.09. The molecule has 4 nitrogen and oxygen atoms in total. The van der Waals surface area contributed by atoms with Crippen molar-refractivity contribution in [2.24, 2.45) is 5.92 Å². The number of nitrogens with zero attached hydrogens (tertiary/aromatic N) is 2. The normalized spacial score (nSPS) is 18.8. The lowest BCUT2D eigenvalue weighted by molar-refractivity contribution is 0.0973. The number of rotatable bonds is 3. The Balaban J connectivity index is 2.17. The van der Waals surface area contributed by atoms with E-state index in [0.717, 1.165) is 24.7 Å². The van der Waals surface area contributed by atoms with E-state index in [-0.39, 0.29) is 5.92 Å². The fourth-order valence-corrected chi connectivity index (χ4v) is 2.21. The van der Waals surface area contributed by atoms with Gasteiger partial charge in [-0.1, -0.05) is 13.8 Å². The minimum Gasteiger partial charge on any atom is -0.422 e. The van der Waals surface area contributed by atoms with Crippen LogP contribution in [-0.2, 0) is 0 Å². The lowest BCUT2D eigenvalue weighted by Crippen LogP contribution is -2.29. The second-order valence-corrected chi connectivity index (χ2v) is 5.18. The predicted octanol–water partition coefficient (Wildman–Crippen LogP) is 2.66. The molecule has 1 saturated heterocycles. The molecule has 1 N–H and O–H groups in total. The molecule has 1 aromatic rings. The molecule has 96 valence electrons. The minimum atomic E-state index is -0.604. The standard InChI is InChI=1S/C13H22N2O2/c1-9(2)11(16)12-14-10(3)13(17-12)15-7-5-4-6-8-15/h9,11,16H,4-8H2,1-3H3/t11-/m0/s1. The average molecular weight is 238 g/mol. The summed E-state index contributed by atoms with van der Waals surface area (Å²) in [6, 6.07) is 0. The van der Waals surface area contributed by atoms with Crippen molar-refractivity contribution in [1.82, 2.24) is 4.98 Å². The number of oxazole rings is 1. The van der Waals surface area contributed by atoms with Gasteiger partial charge in [0.2, 0.25) is 11.8 Å². The summed E-state index contributed by atoms with van der Waals surface area (Å²) in [4.78, 5) is 6.59. The van der Waals surface area contributed by atoms with Crippen LogP contribution in [0.4, 0.5) is 5.88 Å². The number of aliphatic hydroxyl groups is 1. The first kappa shape index (κ1) is 12.4. The maximum Gasteiger partial charge on any atom is 0.226 e. The molecule has 0 saturated carbocycles. The van der Waals surface area contributed by atoms with Gasteiger partial charge in [0.1, 0.15) is 11.8 Å². The Morgan fingerprint density at radius 2 is 1.88 bits per heavy atom. The predicted molar refractivity (Wildman–Crippen MR) is 67.1 cm³/mol. The number of anilines is 1. The third kappa shape index (κ3) is 2.63. The molecular formula is C13H22N2O2. The van der Waals surface area contributed by atoms with Gasteiger partial charge in [-0.2, -0.15) is 0 Å². The second-order valence-electron chi connectivity index (χ2n) is 5.18. The van der Waals surface area contributed by atoms with Gasteiger partial charge >= 0.3 is 0 Å². The van der Waals surface area contributed by atoms with E-state index >= 15 is 0 Å². The van der Waals surface area contributed by atoms with Crippen molar-refractivity contribution in [3.8, 4) is 0 Å². The molecule has 0 aromatic carbocycles. The molecular weight excluding hydrogens is 216 g/mol. The summed E-state index contributed by atoms with van der Waals surface area (Å²) in [6.07, 6.45) is 3.11. The summed E-state index contributed by atoms with van der Waals surface area (Å²) in [5, 5.41) is 9.96. The molecule has 0 unspecified atom stereocenters. The minimum absolute atomic E-state index is 0.127. The number of piperidine rings is 1. The van der Waals surface area contributed by atoms with Crippen LogP contribution in [0.1, 0.15) is 50.8 Å². The van der Waals surface area contributed by atoms with Crippen LogP contribution in [0.3, 0.4) is 0 Å². The Hall–Kier alpha value is -1.03. The lowest BCUT2D eigenvalue weighted by atomic mass is 10.1. The maximum atomic E-state index is 9.96. The second kappa shape index (κ2) is 5.08. The zero-order valence-electron chi connectivity index (χ0n) is 10.9. The highest BCUT2D eigenvalue weighted by Crippen LogP contribution is 2.29. The molecule has 0 bridgehead atoms. The van der Waals surface area contributed by atoms with E-state index in [9.17, 15) is 5.11 Å². The topological polar surface area (TPSA) is 49.5 Å². The molecule has 1 aromatic heterocycles. The molecule has 2 rings (SSSR count). The molecule has 1 atom stereocenters. The summed E-state index contributed by atoms with van der Waals surface area (Å²) >= 11 is 0. The van der Waals surface area contributed by atoms with Crippen LogP contribution in [0.15, 0.2) is 4.42 Å². The van der Waals surface area contributed by atoms with Gasteiger partial charge in [0, 0.05) is 13.1 Å². The number of aromatic nitrogens is 1. The molecule has 0 amide bonds. The molecule has 4 heteroatoms. The third-order valence-electron chi connectivity index (χ3n) is 3.32. The molecule has 0 radical (unpaired) electrons. The largest absolute Gasteiger partial charge is 0.422 e. The zero-order chi connectivity index (χ0) is 12.4. The van der Waals surface area contributed by atoms with Gasteiger partial charge in [-0.15, -0.1) is 0 Å². The van der Waals surface area contributed by atoms with Crippen molar-refractivity contribution in [2.75, 3.05) is 18.0 Å². The monoisotopic (exact) mass is 238 g/mol. The van der Waals surface area contributed by atoms with Crippen LogP contribution in [-0.4, -0.2) is 23.2 Å². The van der Waals surface area contributed by atoms with Gasteiger partial charge in [0.25, 0.3) is 0 Å². The number of hydrogen-bond donors (Lipinski definition) is 1. The van der Waals surface area contributed by atoms with Gasteiger partial charge in [0.05, 0.1) is 0 Å². The Morgan fingerprint density at radius 3 is 2.47 bits per heavy atom. The van der Waals surface area contributed by atoms with Crippen LogP contribution < -0.4 is 4.90 Å². The molecule has 1 aliphatic rings. The maximum absolute atomic E-state index is 9.96. The van der Waals surface area contributed by atoms with Gasteiger partial charge in [0.15, 0.2) is 0 Å². The summed E-state index contributed by atoms with van der Waals surface area (Å²) in [5.74, 6) is 1.43. The van der Waals surface area contributed by atoms with Crippen LogP contribution in [0.25, 0.3) is 0 Å². The van der Waals surface area contributed by atoms with Crippen molar-refractivity contribution in [3.05, 3.63) is 11.6 Å². The molecule has 1 aliphatic heterocycles. The summed E-state index contributed by atoms with van der Waals surface area (Å²) in [7, 11) is 0. The van der Waals surface area contributed by atoms with Gasteiger partial charge < -0.3 is 14.4 Å². The summed E-state index contributed by atoms with van der Waals surface area (Å²) in [5.41, 5.74) is 0.890. The SMILES string of the molecule is Cc1nc([C@@H](O)C(C)C)oc1N1CCCCC1. The Morgan fingerprint density at radius 1 is 1.24 bits per heavy atom. The molecule has 17 heavy (non-hydrogen) atoms. The fourth-order valence-electron chi connectivity index (χ4n) is 2.21. The van der Waals surface area contributed by atoms with Crippen molar-refractivity contribution < 1.29 is 9.52 Å². The van der Waals surface area contributed by atoms with E-state index in [4.69, 9.17) is 4.42 Å². The van der Waals surface area contributed by atoms with E-state index < -0.39 is 6.10 Å². The number of aryl methyl sites for hydroxylation is 1. The van der Waals surface area contributed by atoms with Crippen LogP contribution in [0.2, 0.25) is 0 Å². The highest BCUT2D eigenvalue weighted by molar-refractivity contribution is 5.40. The van der Waals surface area contributed by atoms with Crippen molar-refractivity contribution in [3.63, 3.8) is 0 Å². The van der Waals surface area contributed by atoms with Gasteiger partial charge in [-0.25, -0.2) is 4.98 Å². The molecule has 2 heterocycles. The van der Waals surface area contributed by atoms with Crippen LogP contribution in [0.5, 0.6) is 0 Å². The first-order valence-corrected chi connectivity index (χ1v) is 6.50. The van der Waals surface area contributed by atoms with E-state index in [1.807, 2.05) is 20.8 Å². The zero-order valence-corrected chi connectivity index (χ0v) is 10.9. The number of hydrogen-bond acceptors (Lipinski definition) is 4. The Kier molecular flexibility index (Phi) is 3.72. The van der Waals surface area contributed by atoms with Crippen LogP contribution in [0, 0.1) is 12.8 Å². The van der Waals surface area contributed by atoms with E-state index in [1.165, 1.54) is 19.3 Å². The van der Waals surface area contributed by atoms with E-state index in [0.29, 0.717) is 5.89 Å². The number of aliphatic hydroxyl groups excluding tert-OH is 1.